The second-order valence-electron chi connectivity index (χ2n) is 4.03. The first kappa shape index (κ1) is 10.6. The molecule has 0 saturated carbocycles. The molecule has 0 aliphatic carbocycles. The number of hydrogen-bond acceptors (Lipinski definition) is 1. The van der Waals surface area contributed by atoms with Crippen LogP contribution in [0.4, 0.5) is 0 Å². The number of hydrogen-bond donors (Lipinski definition) is 0. The molecule has 0 aliphatic rings. The minimum Gasteiger partial charge on any atom is -0.331 e. The maximum absolute atomic E-state index is 9.96. The van der Waals surface area contributed by atoms with Gasteiger partial charge in [0, 0.05) is 6.42 Å². The summed E-state index contributed by atoms with van der Waals surface area (Å²) in [4.78, 5) is 9.96. The molecule has 0 heterocycles. The van der Waals surface area contributed by atoms with Crippen LogP contribution in [0.5, 0.6) is 0 Å². The highest BCUT2D eigenvalue weighted by Gasteiger charge is 2.04. The lowest BCUT2D eigenvalue weighted by Crippen LogP contribution is -2.35. The van der Waals surface area contributed by atoms with E-state index in [1.165, 1.54) is 19.4 Å². The van der Waals surface area contributed by atoms with Crippen LogP contribution in [-0.2, 0) is 4.79 Å². The molecule has 0 rings (SSSR count). The van der Waals surface area contributed by atoms with E-state index >= 15 is 0 Å². The second-order valence-corrected chi connectivity index (χ2v) is 4.03. The van der Waals surface area contributed by atoms with Gasteiger partial charge in [0.2, 0.25) is 0 Å². The van der Waals surface area contributed by atoms with Crippen LogP contribution in [0.2, 0.25) is 0 Å². The van der Waals surface area contributed by atoms with Gasteiger partial charge in [-0.25, -0.2) is 0 Å². The molecule has 0 amide bonds. The molecular formula is C9H20NO+. The molecule has 2 heteroatoms. The summed E-state index contributed by atoms with van der Waals surface area (Å²) in [6, 6.07) is 0. The average molecular weight is 158 g/mol. The fourth-order valence-electron chi connectivity index (χ4n) is 0.991. The maximum Gasteiger partial charge on any atom is 0.119 e. The monoisotopic (exact) mass is 158 g/mol. The van der Waals surface area contributed by atoms with Crippen molar-refractivity contribution in [3.05, 3.63) is 0 Å². The third-order valence-electron chi connectivity index (χ3n) is 1.65. The van der Waals surface area contributed by atoms with E-state index in [1.54, 1.807) is 0 Å². The van der Waals surface area contributed by atoms with E-state index in [0.717, 1.165) is 23.6 Å². The molecule has 66 valence electrons. The van der Waals surface area contributed by atoms with Crippen molar-refractivity contribution in [3.63, 3.8) is 0 Å². The molecule has 0 radical (unpaired) electrons. The number of unbranched alkanes of at least 4 members (excludes halogenated alkanes) is 3. The maximum atomic E-state index is 9.96. The first-order valence-electron chi connectivity index (χ1n) is 4.30. The normalized spacial score (nSPS) is 11.5. The van der Waals surface area contributed by atoms with E-state index < -0.39 is 0 Å². The van der Waals surface area contributed by atoms with Crippen LogP contribution in [0.15, 0.2) is 0 Å². The molecule has 2 nitrogen and oxygen atoms in total. The lowest BCUT2D eigenvalue weighted by molar-refractivity contribution is -0.870. The van der Waals surface area contributed by atoms with Gasteiger partial charge in [0.25, 0.3) is 0 Å². The Hall–Kier alpha value is -0.370. The van der Waals surface area contributed by atoms with Gasteiger partial charge in [-0.1, -0.05) is 0 Å². The van der Waals surface area contributed by atoms with Crippen molar-refractivity contribution in [2.24, 2.45) is 0 Å². The van der Waals surface area contributed by atoms with Crippen molar-refractivity contribution < 1.29 is 9.28 Å². The molecule has 11 heavy (non-hydrogen) atoms. The van der Waals surface area contributed by atoms with Gasteiger partial charge in [-0.05, 0) is 19.3 Å². The highest BCUT2D eigenvalue weighted by molar-refractivity contribution is 5.48. The fourth-order valence-corrected chi connectivity index (χ4v) is 0.991. The Kier molecular flexibility index (Phi) is 5.12. The van der Waals surface area contributed by atoms with Crippen LogP contribution < -0.4 is 0 Å². The van der Waals surface area contributed by atoms with E-state index in [2.05, 4.69) is 21.1 Å². The summed E-state index contributed by atoms with van der Waals surface area (Å²) in [5.74, 6) is 0. The van der Waals surface area contributed by atoms with Crippen LogP contribution in [0, 0.1) is 0 Å². The molecule has 0 saturated heterocycles. The summed E-state index contributed by atoms with van der Waals surface area (Å²) < 4.78 is 1.03. The minimum atomic E-state index is 0.733. The highest BCUT2D eigenvalue weighted by Crippen LogP contribution is 2.01. The summed E-state index contributed by atoms with van der Waals surface area (Å²) >= 11 is 0. The fraction of sp³-hybridized carbons (Fsp3) is 0.889. The lowest BCUT2D eigenvalue weighted by atomic mass is 10.2. The van der Waals surface area contributed by atoms with Crippen LogP contribution >= 0.6 is 0 Å². The number of carbonyl (C=O) groups excluding carboxylic acids is 1. The van der Waals surface area contributed by atoms with E-state index in [9.17, 15) is 4.79 Å². The van der Waals surface area contributed by atoms with Gasteiger partial charge >= 0.3 is 0 Å². The molecule has 0 aromatic carbocycles. The Morgan fingerprint density at radius 2 is 1.73 bits per heavy atom. The van der Waals surface area contributed by atoms with Crippen molar-refractivity contribution in [1.29, 1.82) is 0 Å². The number of rotatable bonds is 6. The topological polar surface area (TPSA) is 17.1 Å². The zero-order valence-corrected chi connectivity index (χ0v) is 7.97. The van der Waals surface area contributed by atoms with Crippen molar-refractivity contribution in [2.45, 2.75) is 25.7 Å². The molecule has 0 fully saturated rings. The van der Waals surface area contributed by atoms with Crippen molar-refractivity contribution in [1.82, 2.24) is 0 Å². The summed E-state index contributed by atoms with van der Waals surface area (Å²) in [7, 11) is 6.58. The Labute approximate surface area is 69.8 Å². The molecular weight excluding hydrogens is 138 g/mol. The van der Waals surface area contributed by atoms with E-state index in [-0.39, 0.29) is 0 Å². The van der Waals surface area contributed by atoms with E-state index in [0.29, 0.717) is 0 Å². The van der Waals surface area contributed by atoms with Gasteiger partial charge in [0.05, 0.1) is 27.7 Å². The van der Waals surface area contributed by atoms with Gasteiger partial charge in [-0.3, -0.25) is 0 Å². The van der Waals surface area contributed by atoms with E-state index in [4.69, 9.17) is 0 Å². The van der Waals surface area contributed by atoms with Crippen molar-refractivity contribution >= 4 is 6.29 Å². The van der Waals surface area contributed by atoms with Gasteiger partial charge in [-0.15, -0.1) is 0 Å². The average Bonchev–Trinajstić information content (AvgIpc) is 1.85. The number of nitrogens with zero attached hydrogens (tertiary/aromatic N) is 1. The molecule has 0 aliphatic heterocycles. The molecule has 0 bridgehead atoms. The molecule has 0 unspecified atom stereocenters. The number of quaternary nitrogens is 1. The van der Waals surface area contributed by atoms with Gasteiger partial charge < -0.3 is 9.28 Å². The molecule has 0 aromatic heterocycles. The van der Waals surface area contributed by atoms with Crippen molar-refractivity contribution in [3.8, 4) is 0 Å². The number of aldehydes is 1. The van der Waals surface area contributed by atoms with Crippen LogP contribution in [0.3, 0.4) is 0 Å². The lowest BCUT2D eigenvalue weighted by Gasteiger charge is -2.23. The first-order valence-corrected chi connectivity index (χ1v) is 4.30. The minimum absolute atomic E-state index is 0.733. The second kappa shape index (κ2) is 5.30. The third-order valence-corrected chi connectivity index (χ3v) is 1.65. The Morgan fingerprint density at radius 3 is 2.18 bits per heavy atom. The van der Waals surface area contributed by atoms with Gasteiger partial charge in [0.15, 0.2) is 0 Å². The third kappa shape index (κ3) is 9.63. The summed E-state index contributed by atoms with van der Waals surface area (Å²) in [6.07, 6.45) is 5.22. The first-order chi connectivity index (χ1) is 5.06. The zero-order valence-electron chi connectivity index (χ0n) is 7.97. The number of carbonyl (C=O) groups is 1. The summed E-state index contributed by atoms with van der Waals surface area (Å²) in [5, 5.41) is 0. The van der Waals surface area contributed by atoms with Gasteiger partial charge in [-0.2, -0.15) is 0 Å². The summed E-state index contributed by atoms with van der Waals surface area (Å²) in [5.41, 5.74) is 0. The Bertz CT molecular complexity index is 105. The Morgan fingerprint density at radius 1 is 1.09 bits per heavy atom. The molecule has 0 spiro atoms. The highest BCUT2D eigenvalue weighted by atomic mass is 16.1. The van der Waals surface area contributed by atoms with Crippen LogP contribution in [0.25, 0.3) is 0 Å². The van der Waals surface area contributed by atoms with Crippen LogP contribution in [-0.4, -0.2) is 38.5 Å². The largest absolute Gasteiger partial charge is 0.331 e. The quantitative estimate of drug-likeness (QED) is 0.325. The van der Waals surface area contributed by atoms with Gasteiger partial charge in [0.1, 0.15) is 6.29 Å². The van der Waals surface area contributed by atoms with Crippen molar-refractivity contribution in [2.75, 3.05) is 27.7 Å². The summed E-state index contributed by atoms with van der Waals surface area (Å²) in [6.45, 7) is 1.21. The zero-order chi connectivity index (χ0) is 8.74. The predicted molar refractivity (Wildman–Crippen MR) is 47.4 cm³/mol. The molecule has 0 N–H and O–H groups in total. The smallest absolute Gasteiger partial charge is 0.119 e. The van der Waals surface area contributed by atoms with E-state index in [1.807, 2.05) is 0 Å². The Balaban J connectivity index is 3.08. The SMILES string of the molecule is C[N+](C)(C)CCCCCC=O. The van der Waals surface area contributed by atoms with Crippen LogP contribution in [0.1, 0.15) is 25.7 Å². The predicted octanol–water partition coefficient (Wildman–Crippen LogP) is 1.45. The molecule has 0 atom stereocenters. The standard InChI is InChI=1S/C9H20NO/c1-10(2,3)8-6-4-5-7-9-11/h9H,4-8H2,1-3H3/q+1. The molecule has 0 aromatic rings.